The third-order valence-corrected chi connectivity index (χ3v) is 4.81. The summed E-state index contributed by atoms with van der Waals surface area (Å²) in [6.07, 6.45) is 14.3. The van der Waals surface area contributed by atoms with Crippen molar-refractivity contribution in [2.45, 2.75) is 52.4 Å². The third kappa shape index (κ3) is 9.93. The summed E-state index contributed by atoms with van der Waals surface area (Å²) < 4.78 is 5.77. The molecule has 1 aromatic heterocycles. The van der Waals surface area contributed by atoms with Crippen molar-refractivity contribution < 1.29 is 9.53 Å². The number of amides is 1. The van der Waals surface area contributed by atoms with E-state index in [9.17, 15) is 4.79 Å². The summed E-state index contributed by atoms with van der Waals surface area (Å²) in [5.74, 6) is 1.11. The lowest BCUT2D eigenvalue weighted by Gasteiger charge is -2.06. The van der Waals surface area contributed by atoms with E-state index < -0.39 is 0 Å². The van der Waals surface area contributed by atoms with E-state index >= 15 is 0 Å². The third-order valence-electron chi connectivity index (χ3n) is 4.57. The van der Waals surface area contributed by atoms with Gasteiger partial charge in [0.15, 0.2) is 0 Å². The lowest BCUT2D eigenvalue weighted by Crippen LogP contribution is -2.25. The Bertz CT molecular complexity index is 846. The van der Waals surface area contributed by atoms with Gasteiger partial charge in [0.25, 0.3) is 0 Å². The van der Waals surface area contributed by atoms with E-state index in [1.807, 2.05) is 42.5 Å². The standard InChI is InChI=1S/C25H33ClN2O2/c1-20(2)19-27-24(29)12-10-8-6-4-3-5-7-9-11-17-30-25-16-13-21-18-22(26)14-15-23(21)28-25/h6,8,10,12-16,18,20H,3-5,7,9,11,17,19H2,1-2H3,(H,27,29)/b8-6+,12-10+. The van der Waals surface area contributed by atoms with Crippen molar-refractivity contribution >= 4 is 28.4 Å². The summed E-state index contributed by atoms with van der Waals surface area (Å²) in [4.78, 5) is 16.0. The van der Waals surface area contributed by atoms with E-state index in [0.29, 0.717) is 24.9 Å². The molecule has 0 spiro atoms. The second-order valence-electron chi connectivity index (χ2n) is 7.82. The van der Waals surface area contributed by atoms with Gasteiger partial charge in [-0.2, -0.15) is 0 Å². The van der Waals surface area contributed by atoms with Crippen molar-refractivity contribution in [3.8, 4) is 5.88 Å². The minimum absolute atomic E-state index is 0.0288. The van der Waals surface area contributed by atoms with Crippen LogP contribution in [0.15, 0.2) is 54.6 Å². The maximum Gasteiger partial charge on any atom is 0.243 e. The molecule has 2 rings (SSSR count). The fraction of sp³-hybridized carbons (Fsp3) is 0.440. The molecule has 0 aliphatic carbocycles. The fourth-order valence-corrected chi connectivity index (χ4v) is 3.09. The summed E-state index contributed by atoms with van der Waals surface area (Å²) in [7, 11) is 0. The average molecular weight is 429 g/mol. The minimum atomic E-state index is -0.0288. The molecule has 0 atom stereocenters. The van der Waals surface area contributed by atoms with Gasteiger partial charge >= 0.3 is 0 Å². The first-order valence-electron chi connectivity index (χ1n) is 10.8. The molecule has 2 aromatic rings. The number of nitrogens with one attached hydrogen (secondary N) is 1. The van der Waals surface area contributed by atoms with Gasteiger partial charge in [0, 0.05) is 29.1 Å². The summed E-state index contributed by atoms with van der Waals surface area (Å²) in [6, 6.07) is 9.55. The van der Waals surface area contributed by atoms with Crippen molar-refractivity contribution in [2.24, 2.45) is 5.92 Å². The highest BCUT2D eigenvalue weighted by molar-refractivity contribution is 6.31. The second-order valence-corrected chi connectivity index (χ2v) is 8.25. The number of unbranched alkanes of at least 4 members (excludes halogenated alkanes) is 5. The summed E-state index contributed by atoms with van der Waals surface area (Å²) in [6.45, 7) is 5.56. The molecule has 5 heteroatoms. The number of benzene rings is 1. The Labute approximate surface area is 185 Å². The van der Waals surface area contributed by atoms with E-state index in [0.717, 1.165) is 35.2 Å². The summed E-state index contributed by atoms with van der Waals surface area (Å²) in [5.41, 5.74) is 0.899. The van der Waals surface area contributed by atoms with Gasteiger partial charge in [0.2, 0.25) is 11.8 Å². The molecule has 30 heavy (non-hydrogen) atoms. The number of hydrogen-bond donors (Lipinski definition) is 1. The zero-order valence-electron chi connectivity index (χ0n) is 18.1. The minimum Gasteiger partial charge on any atom is -0.478 e. The molecule has 0 fully saturated rings. The van der Waals surface area contributed by atoms with Crippen molar-refractivity contribution in [3.63, 3.8) is 0 Å². The summed E-state index contributed by atoms with van der Waals surface area (Å²) in [5, 5.41) is 4.60. The predicted octanol–water partition coefficient (Wildman–Crippen LogP) is 6.49. The van der Waals surface area contributed by atoms with Gasteiger partial charge in [0.1, 0.15) is 0 Å². The predicted molar refractivity (Wildman–Crippen MR) is 126 cm³/mol. The molecule has 1 N–H and O–H groups in total. The highest BCUT2D eigenvalue weighted by Gasteiger charge is 2.00. The molecule has 0 bridgehead atoms. The molecular weight excluding hydrogens is 396 g/mol. The molecule has 0 unspecified atom stereocenters. The number of rotatable bonds is 13. The van der Waals surface area contributed by atoms with Gasteiger partial charge in [-0.25, -0.2) is 4.98 Å². The Morgan fingerprint density at radius 2 is 1.90 bits per heavy atom. The van der Waals surface area contributed by atoms with E-state index in [4.69, 9.17) is 16.3 Å². The van der Waals surface area contributed by atoms with Crippen LogP contribution in [0.5, 0.6) is 5.88 Å². The number of carbonyl (C=O) groups excluding carboxylic acids is 1. The van der Waals surface area contributed by atoms with E-state index in [2.05, 4.69) is 30.2 Å². The smallest absolute Gasteiger partial charge is 0.243 e. The number of allylic oxidation sites excluding steroid dienone is 3. The Kier molecular flexibility index (Phi) is 11.0. The van der Waals surface area contributed by atoms with Crippen LogP contribution in [0.2, 0.25) is 5.02 Å². The van der Waals surface area contributed by atoms with Crippen LogP contribution in [-0.4, -0.2) is 24.0 Å². The summed E-state index contributed by atoms with van der Waals surface area (Å²) >= 11 is 5.99. The molecule has 0 aliphatic rings. The fourth-order valence-electron chi connectivity index (χ4n) is 2.91. The van der Waals surface area contributed by atoms with Crippen LogP contribution < -0.4 is 10.1 Å². The zero-order chi connectivity index (χ0) is 21.6. The van der Waals surface area contributed by atoms with Gasteiger partial charge in [0.05, 0.1) is 12.1 Å². The molecule has 4 nitrogen and oxygen atoms in total. The number of halogens is 1. The molecule has 1 heterocycles. The topological polar surface area (TPSA) is 51.2 Å². The molecule has 162 valence electrons. The maximum atomic E-state index is 11.5. The van der Waals surface area contributed by atoms with Crippen molar-refractivity contribution in [1.82, 2.24) is 10.3 Å². The number of hydrogen-bond acceptors (Lipinski definition) is 3. The van der Waals surface area contributed by atoms with Gasteiger partial charge in [-0.3, -0.25) is 4.79 Å². The van der Waals surface area contributed by atoms with Crippen molar-refractivity contribution in [1.29, 1.82) is 0 Å². The van der Waals surface area contributed by atoms with Crippen molar-refractivity contribution in [3.05, 3.63) is 59.7 Å². The normalized spacial score (nSPS) is 11.7. The molecular formula is C25H33ClN2O2. The highest BCUT2D eigenvalue weighted by atomic mass is 35.5. The van der Waals surface area contributed by atoms with Gasteiger partial charge in [-0.15, -0.1) is 0 Å². The van der Waals surface area contributed by atoms with Crippen molar-refractivity contribution in [2.75, 3.05) is 13.2 Å². The number of fused-ring (bicyclic) bond motifs is 1. The zero-order valence-corrected chi connectivity index (χ0v) is 18.8. The van der Waals surface area contributed by atoms with Crippen LogP contribution in [0.25, 0.3) is 10.9 Å². The molecule has 0 saturated carbocycles. The SMILES string of the molecule is CC(C)CNC(=O)/C=C/C=C/CCCCCCCOc1ccc2cc(Cl)ccc2n1. The van der Waals surface area contributed by atoms with Crippen LogP contribution in [0.1, 0.15) is 52.4 Å². The van der Waals surface area contributed by atoms with Crippen LogP contribution in [0, 0.1) is 5.92 Å². The van der Waals surface area contributed by atoms with Gasteiger partial charge < -0.3 is 10.1 Å². The van der Waals surface area contributed by atoms with Crippen LogP contribution >= 0.6 is 11.6 Å². The van der Waals surface area contributed by atoms with E-state index in [1.165, 1.54) is 19.3 Å². The molecule has 0 aliphatic heterocycles. The monoisotopic (exact) mass is 428 g/mol. The van der Waals surface area contributed by atoms with Crippen LogP contribution in [0.4, 0.5) is 0 Å². The number of aromatic nitrogens is 1. The lowest BCUT2D eigenvalue weighted by molar-refractivity contribution is -0.116. The quantitative estimate of drug-likeness (QED) is 0.225. The average Bonchev–Trinajstić information content (AvgIpc) is 2.73. The Balaban J connectivity index is 1.48. The number of nitrogens with zero attached hydrogens (tertiary/aromatic N) is 1. The van der Waals surface area contributed by atoms with Crippen LogP contribution in [-0.2, 0) is 4.79 Å². The Morgan fingerprint density at radius 1 is 1.10 bits per heavy atom. The molecule has 1 aromatic carbocycles. The Morgan fingerprint density at radius 3 is 2.73 bits per heavy atom. The van der Waals surface area contributed by atoms with E-state index in [-0.39, 0.29) is 5.91 Å². The highest BCUT2D eigenvalue weighted by Crippen LogP contribution is 2.20. The number of ether oxygens (including phenoxy) is 1. The van der Waals surface area contributed by atoms with Gasteiger partial charge in [-0.05, 0) is 49.4 Å². The lowest BCUT2D eigenvalue weighted by atomic mass is 10.1. The second kappa shape index (κ2) is 13.8. The Hall–Kier alpha value is -2.33. The first kappa shape index (κ1) is 23.9. The number of pyridine rings is 1. The number of carbonyl (C=O) groups is 1. The maximum absolute atomic E-state index is 11.5. The van der Waals surface area contributed by atoms with Crippen LogP contribution in [0.3, 0.4) is 0 Å². The largest absolute Gasteiger partial charge is 0.478 e. The first-order valence-corrected chi connectivity index (χ1v) is 11.2. The molecule has 0 saturated heterocycles. The first-order chi connectivity index (χ1) is 14.5. The van der Waals surface area contributed by atoms with Gasteiger partial charge in [-0.1, -0.05) is 62.9 Å². The molecule has 0 radical (unpaired) electrons. The van der Waals surface area contributed by atoms with E-state index in [1.54, 1.807) is 6.08 Å². The molecule has 1 amide bonds.